The summed E-state index contributed by atoms with van der Waals surface area (Å²) in [7, 11) is 1.63. The van der Waals surface area contributed by atoms with Crippen LogP contribution in [0.25, 0.3) is 0 Å². The number of aromatic nitrogens is 1. The third kappa shape index (κ3) is 7.74. The first-order chi connectivity index (χ1) is 12.4. The Balaban J connectivity index is 0.00000364. The lowest BCUT2D eigenvalue weighted by Gasteiger charge is -2.14. The molecule has 1 heterocycles. The number of nitrogens with zero attached hydrogens (tertiary/aromatic N) is 2. The molecule has 0 atom stereocenters. The standard InChI is InChI=1S/C17H21ClF2N4OS.HI/c1-10(2)13-9-26-15(24-13)8-23-17(21-3)22-7-11-6-12(18)4-5-14(11)25-16(19)20;/h4-6,9-10,16H,7-8H2,1-3H3,(H2,21,22,23);1H. The molecule has 0 saturated heterocycles. The first-order valence-electron chi connectivity index (χ1n) is 8.01. The molecule has 0 bridgehead atoms. The number of thiazole rings is 1. The second-order valence-corrected chi connectivity index (χ2v) is 7.11. The Bertz CT molecular complexity index is 758. The van der Waals surface area contributed by atoms with Crippen LogP contribution in [-0.4, -0.2) is 24.6 Å². The van der Waals surface area contributed by atoms with Gasteiger partial charge in [0.1, 0.15) is 10.8 Å². The summed E-state index contributed by atoms with van der Waals surface area (Å²) in [5, 5.41) is 9.63. The van der Waals surface area contributed by atoms with Crippen molar-refractivity contribution in [3.8, 4) is 5.75 Å². The van der Waals surface area contributed by atoms with E-state index in [2.05, 4.69) is 39.2 Å². The maximum absolute atomic E-state index is 12.5. The molecule has 0 spiro atoms. The van der Waals surface area contributed by atoms with E-state index in [1.807, 2.05) is 5.38 Å². The number of nitrogens with one attached hydrogen (secondary N) is 2. The van der Waals surface area contributed by atoms with Crippen LogP contribution in [0, 0.1) is 0 Å². The summed E-state index contributed by atoms with van der Waals surface area (Å²) in [5.74, 6) is 0.983. The SMILES string of the molecule is CN=C(NCc1nc(C(C)C)cs1)NCc1cc(Cl)ccc1OC(F)F.I. The molecule has 0 aliphatic carbocycles. The van der Waals surface area contributed by atoms with Gasteiger partial charge in [-0.1, -0.05) is 25.4 Å². The van der Waals surface area contributed by atoms with E-state index in [1.54, 1.807) is 24.5 Å². The molecule has 0 amide bonds. The predicted molar refractivity (Wildman–Crippen MR) is 117 cm³/mol. The van der Waals surface area contributed by atoms with Gasteiger partial charge in [0.05, 0.1) is 12.2 Å². The van der Waals surface area contributed by atoms with Crippen LogP contribution >= 0.6 is 46.9 Å². The quantitative estimate of drug-likeness (QED) is 0.300. The van der Waals surface area contributed by atoms with Gasteiger partial charge < -0.3 is 15.4 Å². The Morgan fingerprint density at radius 1 is 1.30 bits per heavy atom. The van der Waals surface area contributed by atoms with Gasteiger partial charge in [-0.15, -0.1) is 35.3 Å². The molecule has 5 nitrogen and oxygen atoms in total. The van der Waals surface area contributed by atoms with Gasteiger partial charge in [0.25, 0.3) is 0 Å². The van der Waals surface area contributed by atoms with Crippen LogP contribution in [0.15, 0.2) is 28.6 Å². The number of rotatable bonds is 7. The number of hydrogen-bond donors (Lipinski definition) is 2. The van der Waals surface area contributed by atoms with Crippen LogP contribution < -0.4 is 15.4 Å². The molecule has 10 heteroatoms. The smallest absolute Gasteiger partial charge is 0.387 e. The second kappa shape index (κ2) is 11.6. The number of hydrogen-bond acceptors (Lipinski definition) is 4. The first kappa shape index (κ1) is 23.8. The van der Waals surface area contributed by atoms with E-state index in [4.69, 9.17) is 11.6 Å². The van der Waals surface area contributed by atoms with Crippen molar-refractivity contribution < 1.29 is 13.5 Å². The molecule has 2 N–H and O–H groups in total. The Labute approximate surface area is 183 Å². The van der Waals surface area contributed by atoms with Crippen molar-refractivity contribution in [1.82, 2.24) is 15.6 Å². The van der Waals surface area contributed by atoms with Gasteiger partial charge in [-0.3, -0.25) is 4.99 Å². The van der Waals surface area contributed by atoms with Gasteiger partial charge in [0.15, 0.2) is 5.96 Å². The van der Waals surface area contributed by atoms with Gasteiger partial charge in [0, 0.05) is 29.6 Å². The number of benzene rings is 1. The molecule has 2 rings (SSSR count). The molecule has 0 aliphatic heterocycles. The average Bonchev–Trinajstić information content (AvgIpc) is 3.06. The maximum Gasteiger partial charge on any atom is 0.387 e. The van der Waals surface area contributed by atoms with Crippen molar-refractivity contribution in [2.45, 2.75) is 39.5 Å². The van der Waals surface area contributed by atoms with Crippen LogP contribution in [0.1, 0.15) is 36.0 Å². The van der Waals surface area contributed by atoms with Crippen molar-refractivity contribution in [3.63, 3.8) is 0 Å². The fourth-order valence-electron chi connectivity index (χ4n) is 2.13. The third-order valence-corrected chi connectivity index (χ3v) is 4.58. The van der Waals surface area contributed by atoms with Crippen molar-refractivity contribution in [2.24, 2.45) is 4.99 Å². The third-order valence-electron chi connectivity index (χ3n) is 3.48. The summed E-state index contributed by atoms with van der Waals surface area (Å²) in [4.78, 5) is 8.67. The molecule has 0 radical (unpaired) electrons. The number of halogens is 4. The van der Waals surface area contributed by atoms with Gasteiger partial charge in [-0.05, 0) is 24.1 Å². The monoisotopic (exact) mass is 530 g/mol. The maximum atomic E-state index is 12.5. The highest BCUT2D eigenvalue weighted by molar-refractivity contribution is 14.0. The first-order valence-corrected chi connectivity index (χ1v) is 9.27. The summed E-state index contributed by atoms with van der Waals surface area (Å²) in [5.41, 5.74) is 1.57. The summed E-state index contributed by atoms with van der Waals surface area (Å²) in [6, 6.07) is 4.50. The molecule has 150 valence electrons. The van der Waals surface area contributed by atoms with E-state index >= 15 is 0 Å². The zero-order valence-corrected chi connectivity index (χ0v) is 19.0. The molecule has 2 aromatic rings. The minimum Gasteiger partial charge on any atom is -0.434 e. The van der Waals surface area contributed by atoms with E-state index in [9.17, 15) is 8.78 Å². The van der Waals surface area contributed by atoms with Crippen molar-refractivity contribution >= 4 is 52.9 Å². The summed E-state index contributed by atoms with van der Waals surface area (Å²) in [6.45, 7) is 2.05. The fraction of sp³-hybridized carbons (Fsp3) is 0.412. The Kier molecular flexibility index (Phi) is 10.2. The Hall–Kier alpha value is -1.20. The Morgan fingerprint density at radius 2 is 2.00 bits per heavy atom. The molecule has 1 aromatic carbocycles. The number of aliphatic imine (C=N–C) groups is 1. The minimum atomic E-state index is -2.90. The van der Waals surface area contributed by atoms with Crippen LogP contribution in [0.3, 0.4) is 0 Å². The average molecular weight is 531 g/mol. The second-order valence-electron chi connectivity index (χ2n) is 5.73. The summed E-state index contributed by atoms with van der Waals surface area (Å²) < 4.78 is 29.6. The van der Waals surface area contributed by atoms with Gasteiger partial charge in [0.2, 0.25) is 0 Å². The van der Waals surface area contributed by atoms with E-state index < -0.39 is 6.61 Å². The topological polar surface area (TPSA) is 58.5 Å². The zero-order chi connectivity index (χ0) is 19.1. The lowest BCUT2D eigenvalue weighted by molar-refractivity contribution is -0.0504. The molecule has 0 aliphatic rings. The highest BCUT2D eigenvalue weighted by Gasteiger charge is 2.11. The molecule has 0 fully saturated rings. The highest BCUT2D eigenvalue weighted by atomic mass is 127. The van der Waals surface area contributed by atoms with Crippen molar-refractivity contribution in [1.29, 1.82) is 0 Å². The highest BCUT2D eigenvalue weighted by Crippen LogP contribution is 2.24. The van der Waals surface area contributed by atoms with E-state index in [0.717, 1.165) is 10.7 Å². The number of ether oxygens (including phenoxy) is 1. The van der Waals surface area contributed by atoms with Gasteiger partial charge >= 0.3 is 6.61 Å². The minimum absolute atomic E-state index is 0. The van der Waals surface area contributed by atoms with E-state index in [-0.39, 0.29) is 36.3 Å². The van der Waals surface area contributed by atoms with Crippen LogP contribution in [0.2, 0.25) is 5.02 Å². The molecule has 1 aromatic heterocycles. The van der Waals surface area contributed by atoms with Crippen LogP contribution in [0.5, 0.6) is 5.75 Å². The van der Waals surface area contributed by atoms with Crippen molar-refractivity contribution in [2.75, 3.05) is 7.05 Å². The molecular weight excluding hydrogens is 509 g/mol. The Morgan fingerprint density at radius 3 is 2.59 bits per heavy atom. The van der Waals surface area contributed by atoms with Crippen molar-refractivity contribution in [3.05, 3.63) is 44.9 Å². The lowest BCUT2D eigenvalue weighted by atomic mass is 10.2. The van der Waals surface area contributed by atoms with Gasteiger partial charge in [-0.2, -0.15) is 8.78 Å². The van der Waals surface area contributed by atoms with Gasteiger partial charge in [-0.25, -0.2) is 4.98 Å². The molecule has 0 unspecified atom stereocenters. The zero-order valence-electron chi connectivity index (χ0n) is 15.1. The molecule has 27 heavy (non-hydrogen) atoms. The van der Waals surface area contributed by atoms with E-state index in [1.165, 1.54) is 12.1 Å². The molecule has 0 saturated carbocycles. The largest absolute Gasteiger partial charge is 0.434 e. The summed E-state index contributed by atoms with van der Waals surface area (Å²) in [6.07, 6.45) is 0. The van der Waals surface area contributed by atoms with E-state index in [0.29, 0.717) is 29.0 Å². The lowest BCUT2D eigenvalue weighted by Crippen LogP contribution is -2.36. The number of alkyl halides is 2. The summed E-state index contributed by atoms with van der Waals surface area (Å²) >= 11 is 7.53. The van der Waals surface area contributed by atoms with Crippen LogP contribution in [-0.2, 0) is 13.1 Å². The number of guanidine groups is 1. The molecular formula is C17H22ClF2IN4OS. The van der Waals surface area contributed by atoms with Crippen LogP contribution in [0.4, 0.5) is 8.78 Å². The fourth-order valence-corrected chi connectivity index (χ4v) is 3.22. The normalized spacial score (nSPS) is 11.5. The predicted octanol–water partition coefficient (Wildman–Crippen LogP) is 5.00.